The summed E-state index contributed by atoms with van der Waals surface area (Å²) in [5.74, 6) is -0.658. The van der Waals surface area contributed by atoms with E-state index in [2.05, 4.69) is 10.1 Å². The molecule has 0 aliphatic carbocycles. The molecular formula is C24H36F3NO5Si. The summed E-state index contributed by atoms with van der Waals surface area (Å²) in [5, 5.41) is 2.45. The number of alkyl halides is 3. The normalized spacial score (nSPS) is 15.1. The first-order valence-electron chi connectivity index (χ1n) is 10.9. The Bertz CT molecular complexity index is 869. The highest BCUT2D eigenvalue weighted by molar-refractivity contribution is 6.74. The van der Waals surface area contributed by atoms with Crippen LogP contribution in [0.3, 0.4) is 0 Å². The summed E-state index contributed by atoms with van der Waals surface area (Å²) in [6, 6.07) is 3.63. The summed E-state index contributed by atoms with van der Waals surface area (Å²) >= 11 is 0. The predicted octanol–water partition coefficient (Wildman–Crippen LogP) is 6.39. The number of hydrogen-bond acceptors (Lipinski definition) is 5. The highest BCUT2D eigenvalue weighted by Crippen LogP contribution is 2.41. The lowest BCUT2D eigenvalue weighted by Crippen LogP contribution is -2.48. The second-order valence-corrected chi connectivity index (χ2v) is 15.2. The van der Waals surface area contributed by atoms with Crippen molar-refractivity contribution in [2.75, 3.05) is 7.11 Å². The van der Waals surface area contributed by atoms with Crippen LogP contribution >= 0.6 is 0 Å². The zero-order chi connectivity index (χ0) is 26.5. The summed E-state index contributed by atoms with van der Waals surface area (Å²) in [7, 11) is -1.28. The molecule has 1 aromatic rings. The van der Waals surface area contributed by atoms with Crippen LogP contribution in [0.4, 0.5) is 18.0 Å². The zero-order valence-corrected chi connectivity index (χ0v) is 22.3. The van der Waals surface area contributed by atoms with Crippen molar-refractivity contribution in [3.05, 3.63) is 47.5 Å². The molecule has 0 aliphatic heterocycles. The minimum Gasteiger partial charge on any atom is -0.466 e. The highest BCUT2D eigenvalue weighted by Gasteiger charge is 2.41. The maximum Gasteiger partial charge on any atom is 0.416 e. The minimum absolute atomic E-state index is 0.236. The quantitative estimate of drug-likeness (QED) is 0.265. The number of esters is 1. The van der Waals surface area contributed by atoms with Gasteiger partial charge >= 0.3 is 18.2 Å². The van der Waals surface area contributed by atoms with E-state index in [1.165, 1.54) is 25.3 Å². The standard InChI is InChI=1S/C24H36F3NO5Si/c1-22(2,3)32-21(30)28-18(14-15-19(29)31-7)20(33-34(8,9)23(4,5)6)16-10-12-17(13-11-16)24(25,26)27/h10-15,18,20H,1-9H3,(H,28,30)/b15-14+/t18?,20-/m0/s1. The molecule has 0 aliphatic rings. The van der Waals surface area contributed by atoms with Gasteiger partial charge in [-0.05, 0) is 56.6 Å². The van der Waals surface area contributed by atoms with E-state index in [-0.39, 0.29) is 5.04 Å². The molecule has 1 amide bonds. The first-order valence-corrected chi connectivity index (χ1v) is 13.8. The summed E-state index contributed by atoms with van der Waals surface area (Å²) < 4.78 is 55.9. The van der Waals surface area contributed by atoms with Crippen molar-refractivity contribution in [3.63, 3.8) is 0 Å². The van der Waals surface area contributed by atoms with Crippen LogP contribution in [0.25, 0.3) is 0 Å². The molecule has 1 rings (SSSR count). The first kappa shape index (κ1) is 29.7. The van der Waals surface area contributed by atoms with E-state index >= 15 is 0 Å². The fraction of sp³-hybridized carbons (Fsp3) is 0.583. The maximum atomic E-state index is 13.1. The van der Waals surface area contributed by atoms with Gasteiger partial charge in [0.05, 0.1) is 24.8 Å². The largest absolute Gasteiger partial charge is 0.466 e. The van der Waals surface area contributed by atoms with Crippen molar-refractivity contribution < 1.29 is 36.7 Å². The van der Waals surface area contributed by atoms with Gasteiger partial charge in [-0.25, -0.2) is 9.59 Å². The zero-order valence-electron chi connectivity index (χ0n) is 21.3. The number of ether oxygens (including phenoxy) is 2. The van der Waals surface area contributed by atoms with Gasteiger partial charge in [0.1, 0.15) is 5.60 Å². The van der Waals surface area contributed by atoms with Gasteiger partial charge in [0.2, 0.25) is 0 Å². The molecule has 6 nitrogen and oxygen atoms in total. The number of benzene rings is 1. The van der Waals surface area contributed by atoms with Crippen molar-refractivity contribution in [1.82, 2.24) is 5.32 Å². The molecular weight excluding hydrogens is 467 g/mol. The highest BCUT2D eigenvalue weighted by atomic mass is 28.4. The molecule has 192 valence electrons. The van der Waals surface area contributed by atoms with Crippen LogP contribution < -0.4 is 5.32 Å². The fourth-order valence-electron chi connectivity index (χ4n) is 2.62. The molecule has 10 heteroatoms. The molecule has 0 heterocycles. The molecule has 34 heavy (non-hydrogen) atoms. The third-order valence-electron chi connectivity index (χ3n) is 5.44. The van der Waals surface area contributed by atoms with Gasteiger partial charge in [0.25, 0.3) is 0 Å². The van der Waals surface area contributed by atoms with E-state index in [1.54, 1.807) is 20.8 Å². The second-order valence-electron chi connectivity index (χ2n) is 10.5. The molecule has 2 atom stereocenters. The molecule has 1 aromatic carbocycles. The number of carbonyl (C=O) groups excluding carboxylic acids is 2. The van der Waals surface area contributed by atoms with Crippen LogP contribution in [0.5, 0.6) is 0 Å². The van der Waals surface area contributed by atoms with Crippen molar-refractivity contribution in [2.24, 2.45) is 0 Å². The van der Waals surface area contributed by atoms with E-state index in [0.717, 1.165) is 18.2 Å². The van der Waals surface area contributed by atoms with Gasteiger partial charge in [-0.1, -0.05) is 39.0 Å². The van der Waals surface area contributed by atoms with Crippen LogP contribution in [0.2, 0.25) is 18.1 Å². The minimum atomic E-state index is -4.49. The molecule has 1 N–H and O–H groups in total. The molecule has 0 bridgehead atoms. The molecule has 0 spiro atoms. The van der Waals surface area contributed by atoms with Gasteiger partial charge in [-0.2, -0.15) is 13.2 Å². The number of rotatable bonds is 7. The maximum absolute atomic E-state index is 13.1. The third-order valence-corrected chi connectivity index (χ3v) is 9.90. The fourth-order valence-corrected chi connectivity index (χ4v) is 3.89. The average Bonchev–Trinajstić information content (AvgIpc) is 2.66. The van der Waals surface area contributed by atoms with Crippen molar-refractivity contribution in [1.29, 1.82) is 0 Å². The Hall–Kier alpha value is -2.33. The summed E-state index contributed by atoms with van der Waals surface area (Å²) in [6.45, 7) is 15.1. The monoisotopic (exact) mass is 503 g/mol. The Morgan fingerprint density at radius 3 is 1.94 bits per heavy atom. The van der Waals surface area contributed by atoms with E-state index in [0.29, 0.717) is 5.56 Å². The lowest BCUT2D eigenvalue weighted by atomic mass is 10.0. The molecule has 0 radical (unpaired) electrons. The van der Waals surface area contributed by atoms with Crippen LogP contribution in [-0.2, 0) is 24.9 Å². The molecule has 0 aromatic heterocycles. The second kappa shape index (κ2) is 10.9. The summed E-state index contributed by atoms with van der Waals surface area (Å²) in [6.07, 6.45) is -3.62. The molecule has 0 saturated heterocycles. The third kappa shape index (κ3) is 9.13. The van der Waals surface area contributed by atoms with Crippen LogP contribution in [0, 0.1) is 0 Å². The van der Waals surface area contributed by atoms with Gasteiger partial charge in [0, 0.05) is 6.08 Å². The van der Waals surface area contributed by atoms with Gasteiger partial charge in [-0.3, -0.25) is 0 Å². The molecule has 1 unspecified atom stereocenters. The number of halogens is 3. The summed E-state index contributed by atoms with van der Waals surface area (Å²) in [4.78, 5) is 24.4. The smallest absolute Gasteiger partial charge is 0.416 e. The van der Waals surface area contributed by atoms with E-state index in [1.807, 2.05) is 33.9 Å². The number of nitrogens with one attached hydrogen (secondary N) is 1. The van der Waals surface area contributed by atoms with Gasteiger partial charge in [-0.15, -0.1) is 0 Å². The number of methoxy groups -OCH3 is 1. The number of carbonyl (C=O) groups is 2. The van der Waals surface area contributed by atoms with Crippen molar-refractivity contribution >= 4 is 20.4 Å². The van der Waals surface area contributed by atoms with Gasteiger partial charge < -0.3 is 19.2 Å². The number of hydrogen-bond donors (Lipinski definition) is 1. The van der Waals surface area contributed by atoms with E-state index in [9.17, 15) is 22.8 Å². The number of alkyl carbamates (subject to hydrolysis) is 1. The Morgan fingerprint density at radius 2 is 1.53 bits per heavy atom. The lowest BCUT2D eigenvalue weighted by Gasteiger charge is -2.41. The molecule has 0 saturated carbocycles. The first-order chi connectivity index (χ1) is 15.3. The van der Waals surface area contributed by atoms with E-state index < -0.39 is 49.9 Å². The Morgan fingerprint density at radius 1 is 1.00 bits per heavy atom. The lowest BCUT2D eigenvalue weighted by molar-refractivity contribution is -0.137. The van der Waals surface area contributed by atoms with Crippen molar-refractivity contribution in [3.8, 4) is 0 Å². The number of amides is 1. The molecule has 0 fully saturated rings. The topological polar surface area (TPSA) is 73.9 Å². The Kier molecular flexibility index (Phi) is 9.56. The Labute approximate surface area is 201 Å². The van der Waals surface area contributed by atoms with E-state index in [4.69, 9.17) is 9.16 Å². The Balaban J connectivity index is 3.54. The predicted molar refractivity (Wildman–Crippen MR) is 127 cm³/mol. The summed E-state index contributed by atoms with van der Waals surface area (Å²) in [5.41, 5.74) is -1.18. The van der Waals surface area contributed by atoms with Crippen LogP contribution in [-0.4, -0.2) is 39.1 Å². The van der Waals surface area contributed by atoms with Crippen molar-refractivity contribution in [2.45, 2.75) is 83.6 Å². The van der Waals surface area contributed by atoms with Gasteiger partial charge in [0.15, 0.2) is 8.32 Å². The average molecular weight is 504 g/mol. The van der Waals surface area contributed by atoms with Crippen LogP contribution in [0.15, 0.2) is 36.4 Å². The SMILES string of the molecule is COC(=O)/C=C/C(NC(=O)OC(C)(C)C)[C@@H](O[Si](C)(C)C(C)(C)C)c1ccc(C(F)(F)F)cc1. The van der Waals surface area contributed by atoms with Crippen LogP contribution in [0.1, 0.15) is 58.8 Å².